The number of halogens is 1. The zero-order chi connectivity index (χ0) is 16.4. The maximum atomic E-state index is 12.4. The molecule has 0 fully saturated rings. The van der Waals surface area contributed by atoms with E-state index < -0.39 is 0 Å². The summed E-state index contributed by atoms with van der Waals surface area (Å²) in [6.45, 7) is 3.98. The van der Waals surface area contributed by atoms with Gasteiger partial charge in [0.2, 0.25) is 5.91 Å². The zero-order valence-electron chi connectivity index (χ0n) is 12.9. The summed E-state index contributed by atoms with van der Waals surface area (Å²) < 4.78 is 6.77. The highest BCUT2D eigenvalue weighted by molar-refractivity contribution is 14.1. The van der Waals surface area contributed by atoms with Crippen molar-refractivity contribution in [2.24, 2.45) is 0 Å². The molecule has 2 aromatic rings. The molecule has 1 aliphatic rings. The Morgan fingerprint density at radius 1 is 1.39 bits per heavy atom. The smallest absolute Gasteiger partial charge is 0.257 e. The zero-order valence-corrected chi connectivity index (χ0v) is 15.9. The number of nitrogens with one attached hydrogen (secondary N) is 1. The molecule has 23 heavy (non-hydrogen) atoms. The summed E-state index contributed by atoms with van der Waals surface area (Å²) in [5, 5.41) is 3.29. The quantitative estimate of drug-likeness (QED) is 0.548. The standard InChI is InChI=1S/C17H17IN2O2S/c1-10-7-8-13(12(18)9-10)19-16(21)11(2)23-17-20-14-5-3-4-6-15(14)22-17/h3-6,9,11H,7-8H2,1-2H3,(H,19,21). The molecule has 1 aromatic heterocycles. The van der Waals surface area contributed by atoms with Gasteiger partial charge in [-0.1, -0.05) is 29.5 Å². The number of carbonyl (C=O) groups is 1. The molecule has 1 atom stereocenters. The van der Waals surface area contributed by atoms with Crippen molar-refractivity contribution in [1.29, 1.82) is 0 Å². The number of carbonyl (C=O) groups excluding carboxylic acids is 1. The van der Waals surface area contributed by atoms with Crippen LogP contribution in [0.2, 0.25) is 0 Å². The van der Waals surface area contributed by atoms with Crippen molar-refractivity contribution in [2.45, 2.75) is 37.2 Å². The van der Waals surface area contributed by atoms with Gasteiger partial charge in [-0.05, 0) is 67.5 Å². The molecule has 0 bridgehead atoms. The van der Waals surface area contributed by atoms with Crippen molar-refractivity contribution in [3.8, 4) is 0 Å². The van der Waals surface area contributed by atoms with Crippen molar-refractivity contribution in [3.63, 3.8) is 0 Å². The molecule has 1 N–H and O–H groups in total. The number of allylic oxidation sites excluding steroid dienone is 4. The van der Waals surface area contributed by atoms with Crippen LogP contribution in [0.1, 0.15) is 26.7 Å². The SMILES string of the molecule is CC1=CC(I)=C(NC(=O)C(C)Sc2nc3ccccc3o2)CC1. The maximum Gasteiger partial charge on any atom is 0.257 e. The van der Waals surface area contributed by atoms with Gasteiger partial charge in [0.1, 0.15) is 5.52 Å². The Hall–Kier alpha value is -1.28. The van der Waals surface area contributed by atoms with E-state index in [1.165, 1.54) is 17.3 Å². The van der Waals surface area contributed by atoms with Crippen LogP contribution in [0.15, 0.2) is 54.8 Å². The van der Waals surface area contributed by atoms with E-state index in [9.17, 15) is 4.79 Å². The molecule has 1 unspecified atom stereocenters. The first-order chi connectivity index (χ1) is 11.0. The molecule has 1 aliphatic carbocycles. The molecule has 120 valence electrons. The fourth-order valence-corrected chi connectivity index (χ4v) is 3.99. The van der Waals surface area contributed by atoms with Gasteiger partial charge >= 0.3 is 0 Å². The number of nitrogens with zero attached hydrogens (tertiary/aromatic N) is 1. The average molecular weight is 440 g/mol. The molecule has 6 heteroatoms. The summed E-state index contributed by atoms with van der Waals surface area (Å²) in [6.07, 6.45) is 4.00. The molecule has 1 heterocycles. The second-order valence-corrected chi connectivity index (χ2v) is 7.97. The van der Waals surface area contributed by atoms with Crippen LogP contribution in [-0.4, -0.2) is 16.1 Å². The Kier molecular flexibility index (Phi) is 5.11. The first-order valence-corrected chi connectivity index (χ1v) is 9.37. The fourth-order valence-electron chi connectivity index (χ4n) is 2.30. The normalized spacial score (nSPS) is 16.4. The van der Waals surface area contributed by atoms with E-state index in [0.717, 1.165) is 33.2 Å². The number of benzene rings is 1. The summed E-state index contributed by atoms with van der Waals surface area (Å²) in [7, 11) is 0. The number of hydrogen-bond donors (Lipinski definition) is 1. The highest BCUT2D eigenvalue weighted by atomic mass is 127. The Balaban J connectivity index is 1.67. The van der Waals surface area contributed by atoms with Gasteiger partial charge in [-0.25, -0.2) is 4.98 Å². The van der Waals surface area contributed by atoms with Crippen LogP contribution < -0.4 is 5.32 Å². The van der Waals surface area contributed by atoms with E-state index in [1.54, 1.807) is 0 Å². The number of para-hydroxylation sites is 2. The minimum Gasteiger partial charge on any atom is -0.431 e. The van der Waals surface area contributed by atoms with Crippen LogP contribution in [0, 0.1) is 0 Å². The summed E-state index contributed by atoms with van der Waals surface area (Å²) >= 11 is 3.61. The van der Waals surface area contributed by atoms with Gasteiger partial charge < -0.3 is 9.73 Å². The highest BCUT2D eigenvalue weighted by Crippen LogP contribution is 2.29. The summed E-state index contributed by atoms with van der Waals surface area (Å²) in [4.78, 5) is 16.8. The summed E-state index contributed by atoms with van der Waals surface area (Å²) in [5.74, 6) is -0.0191. The van der Waals surface area contributed by atoms with E-state index in [-0.39, 0.29) is 11.2 Å². The molecule has 3 rings (SSSR count). The van der Waals surface area contributed by atoms with Crippen molar-refractivity contribution in [3.05, 3.63) is 45.2 Å². The molecule has 0 radical (unpaired) electrons. The fraction of sp³-hybridized carbons (Fsp3) is 0.294. The lowest BCUT2D eigenvalue weighted by Gasteiger charge is -2.18. The first kappa shape index (κ1) is 16.6. The summed E-state index contributed by atoms with van der Waals surface area (Å²) in [5.41, 5.74) is 3.91. The third kappa shape index (κ3) is 3.98. The molecule has 0 spiro atoms. The largest absolute Gasteiger partial charge is 0.431 e. The molecule has 4 nitrogen and oxygen atoms in total. The lowest BCUT2D eigenvalue weighted by Crippen LogP contribution is -2.31. The third-order valence-corrected chi connectivity index (χ3v) is 5.53. The Morgan fingerprint density at radius 3 is 2.91 bits per heavy atom. The van der Waals surface area contributed by atoms with E-state index in [1.807, 2.05) is 31.2 Å². The second kappa shape index (κ2) is 7.09. The lowest BCUT2D eigenvalue weighted by molar-refractivity contribution is -0.119. The number of aromatic nitrogens is 1. The van der Waals surface area contributed by atoms with Crippen molar-refractivity contribution < 1.29 is 9.21 Å². The molecule has 1 amide bonds. The Bertz CT molecular complexity index is 777. The number of rotatable bonds is 4. The predicted molar refractivity (Wildman–Crippen MR) is 102 cm³/mol. The third-order valence-electron chi connectivity index (χ3n) is 3.63. The van der Waals surface area contributed by atoms with Gasteiger partial charge in [0.25, 0.3) is 5.22 Å². The van der Waals surface area contributed by atoms with Gasteiger partial charge in [0.15, 0.2) is 5.58 Å². The summed E-state index contributed by atoms with van der Waals surface area (Å²) in [6, 6.07) is 7.60. The van der Waals surface area contributed by atoms with Gasteiger partial charge in [0.05, 0.1) is 5.25 Å². The molecule has 0 saturated carbocycles. The number of thioether (sulfide) groups is 1. The van der Waals surface area contributed by atoms with E-state index in [0.29, 0.717) is 5.22 Å². The highest BCUT2D eigenvalue weighted by Gasteiger charge is 2.20. The van der Waals surface area contributed by atoms with Crippen LogP contribution in [0.5, 0.6) is 0 Å². The van der Waals surface area contributed by atoms with Crippen LogP contribution in [0.3, 0.4) is 0 Å². The maximum absolute atomic E-state index is 12.4. The van der Waals surface area contributed by atoms with Crippen molar-refractivity contribution in [1.82, 2.24) is 10.3 Å². The van der Waals surface area contributed by atoms with E-state index in [4.69, 9.17) is 4.42 Å². The van der Waals surface area contributed by atoms with E-state index >= 15 is 0 Å². The number of fused-ring (bicyclic) bond motifs is 1. The number of oxazole rings is 1. The van der Waals surface area contributed by atoms with Gasteiger partial charge in [-0.15, -0.1) is 0 Å². The van der Waals surface area contributed by atoms with Crippen LogP contribution in [0.25, 0.3) is 11.1 Å². The topological polar surface area (TPSA) is 55.1 Å². The predicted octanol–water partition coefficient (Wildman–Crippen LogP) is 4.81. The van der Waals surface area contributed by atoms with Crippen LogP contribution in [0.4, 0.5) is 0 Å². The number of hydrogen-bond acceptors (Lipinski definition) is 4. The molecular formula is C17H17IN2O2S. The average Bonchev–Trinajstić information content (AvgIpc) is 2.92. The minimum absolute atomic E-state index is 0.0191. The molecular weight excluding hydrogens is 423 g/mol. The van der Waals surface area contributed by atoms with Crippen molar-refractivity contribution >= 4 is 51.4 Å². The van der Waals surface area contributed by atoms with Gasteiger partial charge in [0, 0.05) is 9.28 Å². The Labute approximate surface area is 152 Å². The molecule has 0 saturated heterocycles. The molecule has 0 aliphatic heterocycles. The number of amides is 1. The first-order valence-electron chi connectivity index (χ1n) is 7.42. The molecule has 1 aromatic carbocycles. The van der Waals surface area contributed by atoms with Crippen molar-refractivity contribution in [2.75, 3.05) is 0 Å². The van der Waals surface area contributed by atoms with Crippen LogP contribution >= 0.6 is 34.4 Å². The lowest BCUT2D eigenvalue weighted by atomic mass is 10.0. The van der Waals surface area contributed by atoms with Gasteiger partial charge in [-0.2, -0.15) is 0 Å². The monoisotopic (exact) mass is 440 g/mol. The van der Waals surface area contributed by atoms with Gasteiger partial charge in [-0.3, -0.25) is 4.79 Å². The second-order valence-electron chi connectivity index (χ2n) is 5.51. The minimum atomic E-state index is -0.272. The van der Waals surface area contributed by atoms with E-state index in [2.05, 4.69) is 45.9 Å². The Morgan fingerprint density at radius 2 is 2.17 bits per heavy atom. The van der Waals surface area contributed by atoms with Crippen LogP contribution in [-0.2, 0) is 4.79 Å².